The summed E-state index contributed by atoms with van der Waals surface area (Å²) in [5.74, 6) is 0. The number of hydrogen-bond donors (Lipinski definition) is 2. The largest absolute Gasteiger partial charge is 0.388 e. The molecule has 3 N–H and O–H groups in total. The third kappa shape index (κ3) is 2.29. The van der Waals surface area contributed by atoms with Crippen LogP contribution in [0.15, 0.2) is 18.5 Å². The molecular formula is C9H14N2O. The van der Waals surface area contributed by atoms with Crippen LogP contribution in [-0.4, -0.2) is 16.6 Å². The lowest BCUT2D eigenvalue weighted by Gasteiger charge is -2.08. The molecule has 0 aliphatic carbocycles. The van der Waals surface area contributed by atoms with Gasteiger partial charge in [-0.3, -0.25) is 4.98 Å². The number of rotatable bonds is 3. The Kier molecular flexibility index (Phi) is 3.19. The van der Waals surface area contributed by atoms with Crippen molar-refractivity contribution in [2.75, 3.05) is 6.54 Å². The van der Waals surface area contributed by atoms with Crippen LogP contribution in [0.1, 0.15) is 23.7 Å². The van der Waals surface area contributed by atoms with Crippen LogP contribution >= 0.6 is 0 Å². The molecule has 0 unspecified atom stereocenters. The van der Waals surface area contributed by atoms with E-state index in [0.29, 0.717) is 13.0 Å². The SMILES string of the molecule is Cc1cncc([C@H](O)CCN)c1. The van der Waals surface area contributed by atoms with E-state index in [1.807, 2.05) is 13.0 Å². The second kappa shape index (κ2) is 4.18. The number of aromatic nitrogens is 1. The highest BCUT2D eigenvalue weighted by Crippen LogP contribution is 2.15. The van der Waals surface area contributed by atoms with Crippen LogP contribution in [0.5, 0.6) is 0 Å². The monoisotopic (exact) mass is 166 g/mol. The highest BCUT2D eigenvalue weighted by atomic mass is 16.3. The lowest BCUT2D eigenvalue weighted by Crippen LogP contribution is -2.07. The number of hydrogen-bond acceptors (Lipinski definition) is 3. The van der Waals surface area contributed by atoms with E-state index in [-0.39, 0.29) is 0 Å². The summed E-state index contributed by atoms with van der Waals surface area (Å²) in [7, 11) is 0. The molecule has 1 rings (SSSR count). The first-order valence-corrected chi connectivity index (χ1v) is 4.03. The van der Waals surface area contributed by atoms with Crippen molar-refractivity contribution in [3.8, 4) is 0 Å². The number of aryl methyl sites for hydroxylation is 1. The molecule has 0 aliphatic heterocycles. The van der Waals surface area contributed by atoms with E-state index < -0.39 is 6.10 Å². The zero-order valence-corrected chi connectivity index (χ0v) is 7.20. The molecule has 0 saturated carbocycles. The Labute approximate surface area is 72.2 Å². The summed E-state index contributed by atoms with van der Waals surface area (Å²) in [5, 5.41) is 9.52. The van der Waals surface area contributed by atoms with Crippen molar-refractivity contribution in [2.24, 2.45) is 5.73 Å². The van der Waals surface area contributed by atoms with Crippen molar-refractivity contribution in [1.29, 1.82) is 0 Å². The molecule has 0 aliphatic rings. The summed E-state index contributed by atoms with van der Waals surface area (Å²) in [5.41, 5.74) is 7.23. The van der Waals surface area contributed by atoms with Crippen molar-refractivity contribution in [1.82, 2.24) is 4.98 Å². The molecule has 12 heavy (non-hydrogen) atoms. The van der Waals surface area contributed by atoms with Crippen molar-refractivity contribution >= 4 is 0 Å². The van der Waals surface area contributed by atoms with E-state index in [1.54, 1.807) is 12.4 Å². The molecular weight excluding hydrogens is 152 g/mol. The van der Waals surface area contributed by atoms with E-state index in [1.165, 1.54) is 0 Å². The number of nitrogens with two attached hydrogens (primary N) is 1. The average Bonchev–Trinajstić information content (AvgIpc) is 2.05. The molecule has 3 heteroatoms. The Morgan fingerprint density at radius 2 is 2.33 bits per heavy atom. The molecule has 1 aromatic rings. The fraction of sp³-hybridized carbons (Fsp3) is 0.444. The Morgan fingerprint density at radius 3 is 2.92 bits per heavy atom. The molecule has 3 nitrogen and oxygen atoms in total. The molecule has 1 atom stereocenters. The lowest BCUT2D eigenvalue weighted by atomic mass is 10.1. The first-order chi connectivity index (χ1) is 5.74. The fourth-order valence-corrected chi connectivity index (χ4v) is 1.09. The quantitative estimate of drug-likeness (QED) is 0.697. The minimum Gasteiger partial charge on any atom is -0.388 e. The van der Waals surface area contributed by atoms with Gasteiger partial charge in [0.25, 0.3) is 0 Å². The van der Waals surface area contributed by atoms with E-state index >= 15 is 0 Å². The second-order valence-corrected chi connectivity index (χ2v) is 2.89. The molecule has 1 heterocycles. The standard InChI is InChI=1S/C9H14N2O/c1-7-4-8(6-11-5-7)9(12)2-3-10/h4-6,9,12H,2-3,10H2,1H3/t9-/m1/s1. The normalized spacial score (nSPS) is 12.9. The van der Waals surface area contributed by atoms with Crippen molar-refractivity contribution in [3.63, 3.8) is 0 Å². The third-order valence-electron chi connectivity index (χ3n) is 1.72. The van der Waals surface area contributed by atoms with Gasteiger partial charge in [-0.15, -0.1) is 0 Å². The smallest absolute Gasteiger partial charge is 0.0817 e. The Hall–Kier alpha value is -0.930. The van der Waals surface area contributed by atoms with Crippen LogP contribution < -0.4 is 5.73 Å². The van der Waals surface area contributed by atoms with Crippen molar-refractivity contribution in [2.45, 2.75) is 19.4 Å². The Balaban J connectivity index is 2.73. The minimum atomic E-state index is -0.470. The molecule has 0 spiro atoms. The number of pyridine rings is 1. The number of aliphatic hydroxyl groups is 1. The summed E-state index contributed by atoms with van der Waals surface area (Å²) in [6.07, 6.45) is 3.55. The third-order valence-corrected chi connectivity index (χ3v) is 1.72. The first-order valence-electron chi connectivity index (χ1n) is 4.03. The van der Waals surface area contributed by atoms with E-state index in [2.05, 4.69) is 4.98 Å². The summed E-state index contributed by atoms with van der Waals surface area (Å²) in [6, 6.07) is 1.92. The number of nitrogens with zero attached hydrogens (tertiary/aromatic N) is 1. The molecule has 0 amide bonds. The number of aliphatic hydroxyl groups excluding tert-OH is 1. The van der Waals surface area contributed by atoms with Gasteiger partial charge in [-0.05, 0) is 31.0 Å². The summed E-state index contributed by atoms with van der Waals surface area (Å²) < 4.78 is 0. The molecule has 0 saturated heterocycles. The van der Waals surface area contributed by atoms with E-state index in [9.17, 15) is 5.11 Å². The van der Waals surface area contributed by atoms with Crippen molar-refractivity contribution < 1.29 is 5.11 Å². The van der Waals surface area contributed by atoms with Crippen LogP contribution in [0.4, 0.5) is 0 Å². The molecule has 0 fully saturated rings. The molecule has 0 bridgehead atoms. The van der Waals surface area contributed by atoms with Crippen molar-refractivity contribution in [3.05, 3.63) is 29.6 Å². The van der Waals surface area contributed by atoms with Crippen LogP contribution in [-0.2, 0) is 0 Å². The van der Waals surface area contributed by atoms with E-state index in [0.717, 1.165) is 11.1 Å². The van der Waals surface area contributed by atoms with Gasteiger partial charge in [0.15, 0.2) is 0 Å². The van der Waals surface area contributed by atoms with Gasteiger partial charge >= 0.3 is 0 Å². The van der Waals surface area contributed by atoms with Gasteiger partial charge in [-0.25, -0.2) is 0 Å². The molecule has 0 aromatic carbocycles. The predicted octanol–water partition coefficient (Wildman–Crippen LogP) is 0.772. The molecule has 0 radical (unpaired) electrons. The average molecular weight is 166 g/mol. The first kappa shape index (κ1) is 9.16. The minimum absolute atomic E-state index is 0.470. The molecule has 1 aromatic heterocycles. The van der Waals surface area contributed by atoms with Crippen LogP contribution in [0, 0.1) is 6.92 Å². The predicted molar refractivity (Wildman–Crippen MR) is 47.6 cm³/mol. The van der Waals surface area contributed by atoms with Gasteiger partial charge in [0.2, 0.25) is 0 Å². The molecule has 66 valence electrons. The summed E-state index contributed by atoms with van der Waals surface area (Å²) in [6.45, 7) is 2.45. The van der Waals surface area contributed by atoms with E-state index in [4.69, 9.17) is 5.73 Å². The highest BCUT2D eigenvalue weighted by Gasteiger charge is 2.05. The zero-order valence-electron chi connectivity index (χ0n) is 7.20. The highest BCUT2D eigenvalue weighted by molar-refractivity contribution is 5.18. The Bertz CT molecular complexity index is 250. The van der Waals surface area contributed by atoms with Gasteiger partial charge in [0.05, 0.1) is 6.10 Å². The van der Waals surface area contributed by atoms with Gasteiger partial charge in [0, 0.05) is 12.4 Å². The second-order valence-electron chi connectivity index (χ2n) is 2.89. The summed E-state index contributed by atoms with van der Waals surface area (Å²) >= 11 is 0. The van der Waals surface area contributed by atoms with Gasteiger partial charge in [0.1, 0.15) is 0 Å². The maximum atomic E-state index is 9.52. The van der Waals surface area contributed by atoms with Gasteiger partial charge < -0.3 is 10.8 Å². The maximum absolute atomic E-state index is 9.52. The topological polar surface area (TPSA) is 59.1 Å². The van der Waals surface area contributed by atoms with Gasteiger partial charge in [-0.1, -0.05) is 6.07 Å². The van der Waals surface area contributed by atoms with Crippen LogP contribution in [0.25, 0.3) is 0 Å². The van der Waals surface area contributed by atoms with Gasteiger partial charge in [-0.2, -0.15) is 0 Å². The zero-order chi connectivity index (χ0) is 8.97. The van der Waals surface area contributed by atoms with Crippen LogP contribution in [0.3, 0.4) is 0 Å². The lowest BCUT2D eigenvalue weighted by molar-refractivity contribution is 0.170. The maximum Gasteiger partial charge on any atom is 0.0817 e. The fourth-order valence-electron chi connectivity index (χ4n) is 1.09. The Morgan fingerprint density at radius 1 is 1.58 bits per heavy atom. The van der Waals surface area contributed by atoms with Crippen LogP contribution in [0.2, 0.25) is 0 Å². The summed E-state index contributed by atoms with van der Waals surface area (Å²) in [4.78, 5) is 3.99.